The Morgan fingerprint density at radius 1 is 1.20 bits per heavy atom. The predicted octanol–water partition coefficient (Wildman–Crippen LogP) is 4.02. The molecule has 0 aliphatic carbocycles. The van der Waals surface area contributed by atoms with Gasteiger partial charge in [-0.2, -0.15) is 13.2 Å². The maximum absolute atomic E-state index is 12.2. The van der Waals surface area contributed by atoms with E-state index in [9.17, 15) is 13.2 Å². The van der Waals surface area contributed by atoms with Crippen molar-refractivity contribution in [3.8, 4) is 12.3 Å². The van der Waals surface area contributed by atoms with Crippen LogP contribution in [0.2, 0.25) is 0 Å². The van der Waals surface area contributed by atoms with Gasteiger partial charge in [0.1, 0.15) is 0 Å². The standard InChI is InChI=1S/C10H7F3.C2H6/c1-3-8-6-9(10(11,12)13)5-4-7(8)2;1-2/h1,4-6H,2H3;1-2H3. The summed E-state index contributed by atoms with van der Waals surface area (Å²) in [6.45, 7) is 5.68. The Morgan fingerprint density at radius 3 is 2.13 bits per heavy atom. The SMILES string of the molecule is C#Cc1cc(C(F)(F)F)ccc1C.CC. The highest BCUT2D eigenvalue weighted by Gasteiger charge is 2.30. The lowest BCUT2D eigenvalue weighted by atomic mass is 10.1. The number of halogens is 3. The molecule has 0 heterocycles. The van der Waals surface area contributed by atoms with Crippen LogP contribution >= 0.6 is 0 Å². The largest absolute Gasteiger partial charge is 0.416 e. The molecule has 1 rings (SSSR count). The Balaban J connectivity index is 0.000000921. The fraction of sp³-hybridized carbons (Fsp3) is 0.333. The molecule has 1 aromatic rings. The number of terminal acetylenes is 1. The molecule has 0 unspecified atom stereocenters. The Bertz CT molecular complexity index is 356. The minimum absolute atomic E-state index is 0.287. The summed E-state index contributed by atoms with van der Waals surface area (Å²) in [7, 11) is 0. The van der Waals surface area contributed by atoms with Crippen LogP contribution in [-0.2, 0) is 6.18 Å². The number of alkyl halides is 3. The van der Waals surface area contributed by atoms with Gasteiger partial charge >= 0.3 is 6.18 Å². The van der Waals surface area contributed by atoms with Crippen molar-refractivity contribution in [1.82, 2.24) is 0 Å². The van der Waals surface area contributed by atoms with Gasteiger partial charge in [-0.25, -0.2) is 0 Å². The predicted molar refractivity (Wildman–Crippen MR) is 55.5 cm³/mol. The second kappa shape index (κ2) is 5.45. The average molecular weight is 214 g/mol. The molecule has 0 aliphatic heterocycles. The molecule has 1 aromatic carbocycles. The molecule has 0 fully saturated rings. The monoisotopic (exact) mass is 214 g/mol. The van der Waals surface area contributed by atoms with Gasteiger partial charge in [-0.05, 0) is 24.6 Å². The van der Waals surface area contributed by atoms with Gasteiger partial charge in [0.2, 0.25) is 0 Å². The van der Waals surface area contributed by atoms with Crippen LogP contribution in [-0.4, -0.2) is 0 Å². The Kier molecular flexibility index (Phi) is 4.93. The molecule has 15 heavy (non-hydrogen) atoms. The molecule has 82 valence electrons. The number of hydrogen-bond acceptors (Lipinski definition) is 0. The molecular weight excluding hydrogens is 201 g/mol. The lowest BCUT2D eigenvalue weighted by Crippen LogP contribution is -2.05. The van der Waals surface area contributed by atoms with Gasteiger partial charge in [0.15, 0.2) is 0 Å². The zero-order valence-corrected chi connectivity index (χ0v) is 8.94. The van der Waals surface area contributed by atoms with Crippen molar-refractivity contribution in [3.63, 3.8) is 0 Å². The maximum atomic E-state index is 12.2. The summed E-state index contributed by atoms with van der Waals surface area (Å²) in [6, 6.07) is 3.38. The van der Waals surface area contributed by atoms with Crippen LogP contribution < -0.4 is 0 Å². The van der Waals surface area contributed by atoms with Gasteiger partial charge in [0.25, 0.3) is 0 Å². The molecule has 0 nitrogen and oxygen atoms in total. The normalized spacial score (nSPS) is 9.93. The van der Waals surface area contributed by atoms with Gasteiger partial charge in [-0.1, -0.05) is 25.8 Å². The highest BCUT2D eigenvalue weighted by Crippen LogP contribution is 2.30. The van der Waals surface area contributed by atoms with Gasteiger partial charge in [0.05, 0.1) is 5.56 Å². The van der Waals surface area contributed by atoms with Crippen molar-refractivity contribution >= 4 is 0 Å². The molecule has 0 saturated heterocycles. The van der Waals surface area contributed by atoms with Crippen molar-refractivity contribution in [2.24, 2.45) is 0 Å². The first kappa shape index (κ1) is 13.6. The summed E-state index contributed by atoms with van der Waals surface area (Å²) in [5.41, 5.74) is 0.261. The van der Waals surface area contributed by atoms with Crippen LogP contribution in [0.5, 0.6) is 0 Å². The first-order valence-corrected chi connectivity index (χ1v) is 4.59. The first-order valence-electron chi connectivity index (χ1n) is 4.59. The number of hydrogen-bond donors (Lipinski definition) is 0. The summed E-state index contributed by atoms with van der Waals surface area (Å²) >= 11 is 0. The lowest BCUT2D eigenvalue weighted by molar-refractivity contribution is -0.137. The van der Waals surface area contributed by atoms with Gasteiger partial charge in [-0.15, -0.1) is 6.42 Å². The van der Waals surface area contributed by atoms with E-state index in [2.05, 4.69) is 5.92 Å². The zero-order valence-electron chi connectivity index (χ0n) is 8.94. The van der Waals surface area contributed by atoms with Crippen LogP contribution in [0.15, 0.2) is 18.2 Å². The van der Waals surface area contributed by atoms with Crippen molar-refractivity contribution in [3.05, 3.63) is 34.9 Å². The fourth-order valence-corrected chi connectivity index (χ4v) is 0.954. The topological polar surface area (TPSA) is 0 Å². The van der Waals surface area contributed by atoms with E-state index in [-0.39, 0.29) is 5.56 Å². The van der Waals surface area contributed by atoms with Gasteiger partial charge in [0, 0.05) is 5.56 Å². The molecule has 0 saturated carbocycles. The van der Waals surface area contributed by atoms with E-state index in [4.69, 9.17) is 6.42 Å². The summed E-state index contributed by atoms with van der Waals surface area (Å²) in [5.74, 6) is 2.21. The van der Waals surface area contributed by atoms with Crippen LogP contribution in [0, 0.1) is 19.3 Å². The highest BCUT2D eigenvalue weighted by atomic mass is 19.4. The van der Waals surface area contributed by atoms with Gasteiger partial charge in [-0.3, -0.25) is 0 Å². The Morgan fingerprint density at radius 2 is 1.73 bits per heavy atom. The highest BCUT2D eigenvalue weighted by molar-refractivity contribution is 5.42. The molecule has 0 radical (unpaired) electrons. The fourth-order valence-electron chi connectivity index (χ4n) is 0.954. The van der Waals surface area contributed by atoms with E-state index in [0.29, 0.717) is 5.56 Å². The molecular formula is C12H13F3. The smallest absolute Gasteiger partial charge is 0.166 e. The van der Waals surface area contributed by atoms with E-state index < -0.39 is 11.7 Å². The number of benzene rings is 1. The van der Waals surface area contributed by atoms with Crippen LogP contribution in [0.1, 0.15) is 30.5 Å². The summed E-state index contributed by atoms with van der Waals surface area (Å²) in [5, 5.41) is 0. The molecule has 0 aliphatic rings. The third-order valence-corrected chi connectivity index (χ3v) is 1.72. The summed E-state index contributed by atoms with van der Waals surface area (Å²) in [4.78, 5) is 0. The molecule has 0 amide bonds. The number of aryl methyl sites for hydroxylation is 1. The Hall–Kier alpha value is -1.43. The van der Waals surface area contributed by atoms with Crippen LogP contribution in [0.25, 0.3) is 0 Å². The second-order valence-corrected chi connectivity index (χ2v) is 2.67. The van der Waals surface area contributed by atoms with Crippen molar-refractivity contribution in [1.29, 1.82) is 0 Å². The van der Waals surface area contributed by atoms with Crippen molar-refractivity contribution in [2.75, 3.05) is 0 Å². The molecule has 0 aromatic heterocycles. The zero-order chi connectivity index (χ0) is 12.1. The lowest BCUT2D eigenvalue weighted by Gasteiger charge is -2.07. The minimum atomic E-state index is -4.32. The van der Waals surface area contributed by atoms with E-state index >= 15 is 0 Å². The molecule has 0 spiro atoms. The van der Waals surface area contributed by atoms with E-state index in [1.165, 1.54) is 6.07 Å². The summed E-state index contributed by atoms with van der Waals surface area (Å²) in [6.07, 6.45) is 0.725. The number of rotatable bonds is 0. The van der Waals surface area contributed by atoms with E-state index in [1.807, 2.05) is 13.8 Å². The maximum Gasteiger partial charge on any atom is 0.416 e. The second-order valence-electron chi connectivity index (χ2n) is 2.67. The van der Waals surface area contributed by atoms with Crippen molar-refractivity contribution < 1.29 is 13.2 Å². The Labute approximate surface area is 88.1 Å². The molecule has 0 atom stereocenters. The van der Waals surface area contributed by atoms with Crippen LogP contribution in [0.3, 0.4) is 0 Å². The van der Waals surface area contributed by atoms with Gasteiger partial charge < -0.3 is 0 Å². The minimum Gasteiger partial charge on any atom is -0.166 e. The first-order chi connectivity index (χ1) is 6.95. The third-order valence-electron chi connectivity index (χ3n) is 1.72. The molecule has 0 N–H and O–H groups in total. The molecule has 0 bridgehead atoms. The summed E-state index contributed by atoms with van der Waals surface area (Å²) < 4.78 is 36.5. The third kappa shape index (κ3) is 3.67. The molecule has 3 heteroatoms. The van der Waals surface area contributed by atoms with E-state index in [1.54, 1.807) is 6.92 Å². The van der Waals surface area contributed by atoms with Crippen molar-refractivity contribution in [2.45, 2.75) is 26.9 Å². The average Bonchev–Trinajstić information content (AvgIpc) is 2.20. The van der Waals surface area contributed by atoms with Crippen LogP contribution in [0.4, 0.5) is 13.2 Å². The quantitative estimate of drug-likeness (QED) is 0.572. The van der Waals surface area contributed by atoms with E-state index in [0.717, 1.165) is 12.1 Å².